The van der Waals surface area contributed by atoms with Crippen LogP contribution in [0.5, 0.6) is 0 Å². The Morgan fingerprint density at radius 2 is 1.85 bits per heavy atom. The van der Waals surface area contributed by atoms with Gasteiger partial charge in [0, 0.05) is 5.69 Å². The van der Waals surface area contributed by atoms with Crippen LogP contribution in [0.4, 0.5) is 13.2 Å². The summed E-state index contributed by atoms with van der Waals surface area (Å²) in [7, 11) is 0. The first-order valence-corrected chi connectivity index (χ1v) is 5.63. The topological polar surface area (TPSA) is 59.4 Å². The molecule has 0 atom stereocenters. The molecule has 0 saturated heterocycles. The fourth-order valence-corrected chi connectivity index (χ4v) is 1.76. The number of aromatic amines is 1. The fourth-order valence-electron chi connectivity index (χ4n) is 1.76. The molecule has 0 bridgehead atoms. The molecule has 0 aliphatic heterocycles. The molecule has 102 valence electrons. The Kier molecular flexibility index (Phi) is 2.78. The lowest BCUT2D eigenvalue weighted by atomic mass is 10.3. The van der Waals surface area contributed by atoms with Crippen molar-refractivity contribution < 1.29 is 13.2 Å². The van der Waals surface area contributed by atoms with Crippen LogP contribution in [0, 0.1) is 0 Å². The SMILES string of the molecule is FC(F)(F)c1nc(-c2cncn2-c2ccccc2)n[nH]1. The standard InChI is InChI=1S/C12H8F3N5/c13-12(14,15)11-17-10(18-19-11)9-6-16-7-20(9)8-4-2-1-3-5-8/h1-7H,(H,17,18,19). The third kappa shape index (κ3) is 2.15. The van der Waals surface area contributed by atoms with E-state index in [1.54, 1.807) is 4.57 Å². The highest BCUT2D eigenvalue weighted by Gasteiger charge is 2.35. The van der Waals surface area contributed by atoms with E-state index in [1.807, 2.05) is 35.4 Å². The quantitative estimate of drug-likeness (QED) is 0.784. The van der Waals surface area contributed by atoms with E-state index >= 15 is 0 Å². The van der Waals surface area contributed by atoms with Crippen molar-refractivity contribution in [2.45, 2.75) is 6.18 Å². The molecule has 0 amide bonds. The van der Waals surface area contributed by atoms with Gasteiger partial charge >= 0.3 is 6.18 Å². The maximum absolute atomic E-state index is 12.5. The molecule has 0 spiro atoms. The molecule has 2 heterocycles. The minimum atomic E-state index is -4.55. The minimum absolute atomic E-state index is 0.0568. The van der Waals surface area contributed by atoms with Crippen LogP contribution >= 0.6 is 0 Å². The summed E-state index contributed by atoms with van der Waals surface area (Å²) >= 11 is 0. The Bertz CT molecular complexity index is 714. The van der Waals surface area contributed by atoms with E-state index in [-0.39, 0.29) is 5.82 Å². The van der Waals surface area contributed by atoms with E-state index in [0.717, 1.165) is 5.69 Å². The number of nitrogens with one attached hydrogen (secondary N) is 1. The van der Waals surface area contributed by atoms with Gasteiger partial charge in [0.2, 0.25) is 5.82 Å². The monoisotopic (exact) mass is 279 g/mol. The first-order chi connectivity index (χ1) is 9.55. The number of aromatic nitrogens is 5. The van der Waals surface area contributed by atoms with Crippen molar-refractivity contribution in [1.82, 2.24) is 24.7 Å². The van der Waals surface area contributed by atoms with Gasteiger partial charge in [-0.3, -0.25) is 9.67 Å². The normalized spacial score (nSPS) is 11.8. The molecule has 0 saturated carbocycles. The Morgan fingerprint density at radius 3 is 2.50 bits per heavy atom. The van der Waals surface area contributed by atoms with Crippen LogP contribution in [0.2, 0.25) is 0 Å². The summed E-state index contributed by atoms with van der Waals surface area (Å²) in [4.78, 5) is 7.39. The Balaban J connectivity index is 2.04. The van der Waals surface area contributed by atoms with Gasteiger partial charge in [0.25, 0.3) is 0 Å². The molecule has 1 N–H and O–H groups in total. The minimum Gasteiger partial charge on any atom is -0.296 e. The number of para-hydroxylation sites is 1. The Morgan fingerprint density at radius 1 is 1.10 bits per heavy atom. The fraction of sp³-hybridized carbons (Fsp3) is 0.0833. The summed E-state index contributed by atoms with van der Waals surface area (Å²) in [5, 5.41) is 5.48. The van der Waals surface area contributed by atoms with Crippen molar-refractivity contribution in [2.24, 2.45) is 0 Å². The van der Waals surface area contributed by atoms with Crippen LogP contribution in [0.25, 0.3) is 17.2 Å². The predicted molar refractivity (Wildman–Crippen MR) is 63.9 cm³/mol. The number of benzene rings is 1. The van der Waals surface area contributed by atoms with Gasteiger partial charge in [-0.15, -0.1) is 0 Å². The second-order valence-corrected chi connectivity index (χ2v) is 3.99. The lowest BCUT2D eigenvalue weighted by Crippen LogP contribution is -2.07. The number of rotatable bonds is 2. The third-order valence-electron chi connectivity index (χ3n) is 2.66. The van der Waals surface area contributed by atoms with E-state index in [1.165, 1.54) is 12.5 Å². The zero-order chi connectivity index (χ0) is 14.2. The number of H-pyrrole nitrogens is 1. The second-order valence-electron chi connectivity index (χ2n) is 3.99. The predicted octanol–water partition coefficient (Wildman–Crippen LogP) is 2.68. The number of hydrogen-bond donors (Lipinski definition) is 1. The molecular formula is C12H8F3N5. The van der Waals surface area contributed by atoms with Gasteiger partial charge in [0.05, 0.1) is 12.5 Å². The summed E-state index contributed by atoms with van der Waals surface area (Å²) in [5.41, 5.74) is 1.14. The largest absolute Gasteiger partial charge is 0.451 e. The molecular weight excluding hydrogens is 271 g/mol. The molecule has 20 heavy (non-hydrogen) atoms. The summed E-state index contributed by atoms with van der Waals surface area (Å²) in [5.74, 6) is -1.19. The Hall–Kier alpha value is -2.64. The summed E-state index contributed by atoms with van der Waals surface area (Å²) in [6, 6.07) is 9.09. The number of halogens is 3. The number of imidazole rings is 1. The molecule has 5 nitrogen and oxygen atoms in total. The molecule has 1 aromatic carbocycles. The number of nitrogens with zero attached hydrogens (tertiary/aromatic N) is 4. The highest BCUT2D eigenvalue weighted by atomic mass is 19.4. The molecule has 8 heteroatoms. The van der Waals surface area contributed by atoms with Crippen molar-refractivity contribution in [3.8, 4) is 17.2 Å². The van der Waals surface area contributed by atoms with E-state index in [4.69, 9.17) is 0 Å². The zero-order valence-corrected chi connectivity index (χ0v) is 9.96. The summed E-state index contributed by atoms with van der Waals surface area (Å²) in [6.45, 7) is 0. The maximum Gasteiger partial charge on any atom is 0.451 e. The van der Waals surface area contributed by atoms with E-state index in [0.29, 0.717) is 5.69 Å². The van der Waals surface area contributed by atoms with Gasteiger partial charge in [-0.1, -0.05) is 18.2 Å². The highest BCUT2D eigenvalue weighted by molar-refractivity contribution is 5.53. The second kappa shape index (κ2) is 4.48. The van der Waals surface area contributed by atoms with Crippen molar-refractivity contribution in [2.75, 3.05) is 0 Å². The van der Waals surface area contributed by atoms with E-state index in [9.17, 15) is 13.2 Å². The molecule has 0 aliphatic carbocycles. The van der Waals surface area contributed by atoms with Crippen LogP contribution in [0.15, 0.2) is 42.9 Å². The van der Waals surface area contributed by atoms with Crippen LogP contribution < -0.4 is 0 Å². The van der Waals surface area contributed by atoms with E-state index in [2.05, 4.69) is 15.1 Å². The summed E-state index contributed by atoms with van der Waals surface area (Å²) < 4.78 is 39.1. The van der Waals surface area contributed by atoms with Crippen molar-refractivity contribution in [1.29, 1.82) is 0 Å². The Labute approximate surface area is 111 Å². The van der Waals surface area contributed by atoms with Crippen LogP contribution in [-0.4, -0.2) is 24.7 Å². The third-order valence-corrected chi connectivity index (χ3v) is 2.66. The van der Waals surface area contributed by atoms with Gasteiger partial charge in [-0.25, -0.2) is 9.97 Å². The molecule has 0 radical (unpaired) electrons. The lowest BCUT2D eigenvalue weighted by Gasteiger charge is -2.04. The van der Waals surface area contributed by atoms with Crippen molar-refractivity contribution in [3.63, 3.8) is 0 Å². The van der Waals surface area contributed by atoms with Gasteiger partial charge in [-0.2, -0.15) is 18.3 Å². The number of hydrogen-bond acceptors (Lipinski definition) is 3. The van der Waals surface area contributed by atoms with Gasteiger partial charge in [-0.05, 0) is 12.1 Å². The molecule has 3 aromatic rings. The molecule has 0 aliphatic rings. The van der Waals surface area contributed by atoms with Crippen LogP contribution in [-0.2, 0) is 6.18 Å². The van der Waals surface area contributed by atoms with Gasteiger partial charge in [0.1, 0.15) is 5.69 Å². The van der Waals surface area contributed by atoms with Gasteiger partial charge in [0.15, 0.2) is 5.82 Å². The first kappa shape index (κ1) is 12.4. The average molecular weight is 279 g/mol. The van der Waals surface area contributed by atoms with Gasteiger partial charge < -0.3 is 0 Å². The lowest BCUT2D eigenvalue weighted by molar-refractivity contribution is -0.144. The molecule has 0 fully saturated rings. The summed E-state index contributed by atoms with van der Waals surface area (Å²) in [6.07, 6.45) is -1.65. The van der Waals surface area contributed by atoms with Crippen LogP contribution in [0.1, 0.15) is 5.82 Å². The molecule has 0 unspecified atom stereocenters. The molecule has 2 aromatic heterocycles. The van der Waals surface area contributed by atoms with E-state index < -0.39 is 12.0 Å². The van der Waals surface area contributed by atoms with Crippen LogP contribution in [0.3, 0.4) is 0 Å². The first-order valence-electron chi connectivity index (χ1n) is 5.63. The smallest absolute Gasteiger partial charge is 0.296 e. The zero-order valence-electron chi connectivity index (χ0n) is 9.96. The van der Waals surface area contributed by atoms with Crippen molar-refractivity contribution >= 4 is 0 Å². The van der Waals surface area contributed by atoms with Crippen molar-refractivity contribution in [3.05, 3.63) is 48.7 Å². The highest BCUT2D eigenvalue weighted by Crippen LogP contribution is 2.28. The molecule has 3 rings (SSSR count). The average Bonchev–Trinajstić information content (AvgIpc) is 3.07. The maximum atomic E-state index is 12.5. The number of alkyl halides is 3.